The van der Waals surface area contributed by atoms with Crippen molar-refractivity contribution in [3.05, 3.63) is 52.0 Å². The summed E-state index contributed by atoms with van der Waals surface area (Å²) in [5.74, 6) is 1.11. The van der Waals surface area contributed by atoms with E-state index in [-0.39, 0.29) is 5.69 Å². The molecule has 2 heterocycles. The van der Waals surface area contributed by atoms with Gasteiger partial charge >= 0.3 is 0 Å². The van der Waals surface area contributed by atoms with Gasteiger partial charge in [0, 0.05) is 18.9 Å². The van der Waals surface area contributed by atoms with Crippen molar-refractivity contribution >= 4 is 16.9 Å². The van der Waals surface area contributed by atoms with Crippen LogP contribution in [-0.4, -0.2) is 32.6 Å². The number of benzene rings is 1. The standard InChI is InChI=1S/C16H15N5O3/c22-14(13-15(23)19-11-4-2-1-3-10(11)18-13)17-8-7-12-20-16(24-21-12)9-5-6-9/h1-4,9H,5-8H2,(H,17,22)(H,19,23). The minimum atomic E-state index is -0.520. The second-order valence-electron chi connectivity index (χ2n) is 5.76. The smallest absolute Gasteiger partial charge is 0.280 e. The number of hydrogen-bond donors (Lipinski definition) is 2. The molecule has 122 valence electrons. The molecule has 8 nitrogen and oxygen atoms in total. The molecule has 1 amide bonds. The Labute approximate surface area is 136 Å². The van der Waals surface area contributed by atoms with Crippen LogP contribution in [0.15, 0.2) is 33.6 Å². The van der Waals surface area contributed by atoms with Crippen LogP contribution in [0.2, 0.25) is 0 Å². The SMILES string of the molecule is O=C(NCCc1noc(C2CC2)n1)c1nc2ccccc2[nH]c1=O. The summed E-state index contributed by atoms with van der Waals surface area (Å²) in [4.78, 5) is 35.2. The van der Waals surface area contributed by atoms with Gasteiger partial charge in [0.25, 0.3) is 11.5 Å². The summed E-state index contributed by atoms with van der Waals surface area (Å²) in [6.45, 7) is 0.302. The zero-order chi connectivity index (χ0) is 16.5. The number of amides is 1. The number of para-hydroxylation sites is 2. The van der Waals surface area contributed by atoms with Crippen LogP contribution in [0.25, 0.3) is 11.0 Å². The van der Waals surface area contributed by atoms with Crippen molar-refractivity contribution in [1.29, 1.82) is 0 Å². The highest BCUT2D eigenvalue weighted by Crippen LogP contribution is 2.38. The molecule has 0 radical (unpaired) electrons. The fourth-order valence-corrected chi connectivity index (χ4v) is 2.42. The Kier molecular flexibility index (Phi) is 3.56. The van der Waals surface area contributed by atoms with Crippen molar-refractivity contribution in [2.24, 2.45) is 0 Å². The number of fused-ring (bicyclic) bond motifs is 1. The molecular formula is C16H15N5O3. The summed E-state index contributed by atoms with van der Waals surface area (Å²) in [5, 5.41) is 6.55. The van der Waals surface area contributed by atoms with Gasteiger partial charge in [-0.2, -0.15) is 4.98 Å². The molecule has 3 aromatic rings. The topological polar surface area (TPSA) is 114 Å². The fraction of sp³-hybridized carbons (Fsp3) is 0.312. The van der Waals surface area contributed by atoms with Gasteiger partial charge in [-0.15, -0.1) is 0 Å². The van der Waals surface area contributed by atoms with Gasteiger partial charge in [-0.1, -0.05) is 17.3 Å². The lowest BCUT2D eigenvalue weighted by molar-refractivity contribution is 0.0947. The van der Waals surface area contributed by atoms with Gasteiger partial charge in [-0.3, -0.25) is 9.59 Å². The first-order chi connectivity index (χ1) is 11.7. The van der Waals surface area contributed by atoms with E-state index in [1.165, 1.54) is 0 Å². The van der Waals surface area contributed by atoms with Crippen molar-refractivity contribution < 1.29 is 9.32 Å². The Balaban J connectivity index is 1.42. The van der Waals surface area contributed by atoms with Crippen molar-refractivity contribution in [2.45, 2.75) is 25.2 Å². The maximum atomic E-state index is 12.2. The number of aromatic nitrogens is 4. The average Bonchev–Trinajstić information content (AvgIpc) is 3.33. The van der Waals surface area contributed by atoms with Gasteiger partial charge in [0.15, 0.2) is 11.5 Å². The van der Waals surface area contributed by atoms with Crippen LogP contribution >= 0.6 is 0 Å². The molecule has 2 N–H and O–H groups in total. The third-order valence-corrected chi connectivity index (χ3v) is 3.86. The van der Waals surface area contributed by atoms with E-state index >= 15 is 0 Å². The van der Waals surface area contributed by atoms with Crippen LogP contribution in [0.3, 0.4) is 0 Å². The molecule has 24 heavy (non-hydrogen) atoms. The Hall–Kier alpha value is -3.03. The summed E-state index contributed by atoms with van der Waals surface area (Å²) in [7, 11) is 0. The molecule has 1 aromatic carbocycles. The predicted octanol–water partition coefficient (Wildman–Crippen LogP) is 1.16. The first-order valence-electron chi connectivity index (χ1n) is 7.80. The number of carbonyl (C=O) groups excluding carboxylic acids is 1. The van der Waals surface area contributed by atoms with Gasteiger partial charge in [-0.25, -0.2) is 4.98 Å². The van der Waals surface area contributed by atoms with Crippen LogP contribution < -0.4 is 10.9 Å². The third kappa shape index (κ3) is 2.90. The van der Waals surface area contributed by atoms with E-state index in [0.717, 1.165) is 12.8 Å². The molecule has 8 heteroatoms. The van der Waals surface area contributed by atoms with E-state index in [2.05, 4.69) is 25.4 Å². The minimum Gasteiger partial charge on any atom is -0.350 e. The van der Waals surface area contributed by atoms with Gasteiger partial charge < -0.3 is 14.8 Å². The third-order valence-electron chi connectivity index (χ3n) is 3.86. The lowest BCUT2D eigenvalue weighted by Crippen LogP contribution is -2.32. The number of carbonyl (C=O) groups is 1. The maximum Gasteiger partial charge on any atom is 0.280 e. The summed E-state index contributed by atoms with van der Waals surface area (Å²) < 4.78 is 5.16. The van der Waals surface area contributed by atoms with E-state index in [9.17, 15) is 9.59 Å². The highest BCUT2D eigenvalue weighted by Gasteiger charge is 2.29. The van der Waals surface area contributed by atoms with E-state index in [1.54, 1.807) is 24.3 Å². The normalized spacial score (nSPS) is 14.0. The molecule has 0 aliphatic heterocycles. The average molecular weight is 325 g/mol. The molecule has 0 saturated heterocycles. The molecule has 1 saturated carbocycles. The molecule has 0 bridgehead atoms. The minimum absolute atomic E-state index is 0.152. The molecule has 2 aromatic heterocycles. The quantitative estimate of drug-likeness (QED) is 0.727. The number of hydrogen-bond acceptors (Lipinski definition) is 6. The van der Waals surface area contributed by atoms with Crippen molar-refractivity contribution in [3.63, 3.8) is 0 Å². The van der Waals surface area contributed by atoms with Crippen LogP contribution in [0.4, 0.5) is 0 Å². The van der Waals surface area contributed by atoms with Crippen LogP contribution in [0.5, 0.6) is 0 Å². The Morgan fingerprint density at radius 2 is 2.12 bits per heavy atom. The predicted molar refractivity (Wildman–Crippen MR) is 84.7 cm³/mol. The number of aromatic amines is 1. The molecule has 1 fully saturated rings. The Bertz CT molecular complexity index is 958. The monoisotopic (exact) mass is 325 g/mol. The van der Waals surface area contributed by atoms with E-state index in [1.807, 2.05) is 0 Å². The number of rotatable bonds is 5. The zero-order valence-electron chi connectivity index (χ0n) is 12.8. The maximum absolute atomic E-state index is 12.2. The second kappa shape index (κ2) is 5.88. The molecule has 0 unspecified atom stereocenters. The van der Waals surface area contributed by atoms with Crippen LogP contribution in [-0.2, 0) is 6.42 Å². The van der Waals surface area contributed by atoms with Crippen LogP contribution in [0, 0.1) is 0 Å². The summed E-state index contributed by atoms with van der Waals surface area (Å²) >= 11 is 0. The summed E-state index contributed by atoms with van der Waals surface area (Å²) in [6.07, 6.45) is 2.62. The highest BCUT2D eigenvalue weighted by atomic mass is 16.5. The van der Waals surface area contributed by atoms with Gasteiger partial charge in [0.05, 0.1) is 11.0 Å². The first-order valence-corrected chi connectivity index (χ1v) is 7.80. The molecule has 1 aliphatic carbocycles. The van der Waals surface area contributed by atoms with E-state index < -0.39 is 11.5 Å². The molecule has 0 spiro atoms. The summed E-state index contributed by atoms with van der Waals surface area (Å²) in [6, 6.07) is 7.06. The summed E-state index contributed by atoms with van der Waals surface area (Å²) in [5.41, 5.74) is 0.496. The van der Waals surface area contributed by atoms with Crippen molar-refractivity contribution in [3.8, 4) is 0 Å². The van der Waals surface area contributed by atoms with Gasteiger partial charge in [0.1, 0.15) is 0 Å². The number of nitrogens with one attached hydrogen (secondary N) is 2. The molecular weight excluding hydrogens is 310 g/mol. The number of nitrogens with zero attached hydrogens (tertiary/aromatic N) is 3. The Morgan fingerprint density at radius 1 is 1.29 bits per heavy atom. The fourth-order valence-electron chi connectivity index (χ4n) is 2.42. The molecule has 0 atom stereocenters. The molecule has 1 aliphatic rings. The van der Waals surface area contributed by atoms with Crippen molar-refractivity contribution in [1.82, 2.24) is 25.4 Å². The lowest BCUT2D eigenvalue weighted by atomic mass is 10.3. The van der Waals surface area contributed by atoms with E-state index in [0.29, 0.717) is 41.6 Å². The van der Waals surface area contributed by atoms with Gasteiger partial charge in [-0.05, 0) is 25.0 Å². The van der Waals surface area contributed by atoms with E-state index in [4.69, 9.17) is 4.52 Å². The Morgan fingerprint density at radius 3 is 2.96 bits per heavy atom. The molecule has 4 rings (SSSR count). The van der Waals surface area contributed by atoms with Crippen molar-refractivity contribution in [2.75, 3.05) is 6.54 Å². The van der Waals surface area contributed by atoms with Crippen LogP contribution in [0.1, 0.15) is 41.0 Å². The zero-order valence-corrected chi connectivity index (χ0v) is 12.8. The lowest BCUT2D eigenvalue weighted by Gasteiger charge is -2.03. The first kappa shape index (κ1) is 14.6. The van der Waals surface area contributed by atoms with Gasteiger partial charge in [0.2, 0.25) is 5.89 Å². The highest BCUT2D eigenvalue weighted by molar-refractivity contribution is 5.93. The second-order valence-corrected chi connectivity index (χ2v) is 5.76. The largest absolute Gasteiger partial charge is 0.350 e. The number of H-pyrrole nitrogens is 1.